The van der Waals surface area contributed by atoms with Crippen LogP contribution in [0.3, 0.4) is 0 Å². The summed E-state index contributed by atoms with van der Waals surface area (Å²) in [7, 11) is 1.94. The number of aryl methyl sites for hydroxylation is 1. The summed E-state index contributed by atoms with van der Waals surface area (Å²) in [6.45, 7) is 0. The molecule has 1 aliphatic carbocycles. The van der Waals surface area contributed by atoms with E-state index >= 15 is 0 Å². The van der Waals surface area contributed by atoms with Gasteiger partial charge < -0.3 is 9.32 Å². The van der Waals surface area contributed by atoms with E-state index in [0.717, 1.165) is 24.8 Å². The fraction of sp³-hybridized carbons (Fsp3) is 0.526. The van der Waals surface area contributed by atoms with Gasteiger partial charge in [0.25, 0.3) is 0 Å². The van der Waals surface area contributed by atoms with E-state index in [9.17, 15) is 4.79 Å². The number of hydrogen-bond acceptors (Lipinski definition) is 5. The maximum Gasteiger partial charge on any atom is 0.247 e. The Labute approximate surface area is 153 Å². The standard InChI is InChI=1S/C19H25N3O2S/c1-22(15-11-12-16(13-15)25-2)18(23)10-6-9-17-20-21-19(24-17)14-7-4-3-5-8-14/h3-5,7-8,15-16H,6,9-13H2,1-2H3/t15-,16+/m0/s1. The maximum atomic E-state index is 12.4. The summed E-state index contributed by atoms with van der Waals surface area (Å²) in [6.07, 6.45) is 7.51. The number of benzene rings is 1. The fourth-order valence-electron chi connectivity index (χ4n) is 3.31. The van der Waals surface area contributed by atoms with E-state index in [1.807, 2.05) is 54.0 Å². The van der Waals surface area contributed by atoms with Crippen LogP contribution in [0.15, 0.2) is 34.7 Å². The van der Waals surface area contributed by atoms with E-state index in [4.69, 9.17) is 4.42 Å². The third-order valence-corrected chi connectivity index (χ3v) is 5.99. The number of aromatic nitrogens is 2. The van der Waals surface area contributed by atoms with Gasteiger partial charge in [-0.3, -0.25) is 4.79 Å². The number of rotatable bonds is 7. The molecule has 0 radical (unpaired) electrons. The number of amides is 1. The number of nitrogens with zero attached hydrogens (tertiary/aromatic N) is 3. The lowest BCUT2D eigenvalue weighted by molar-refractivity contribution is -0.131. The molecule has 1 aromatic carbocycles. The molecule has 1 aromatic heterocycles. The molecule has 1 amide bonds. The predicted molar refractivity (Wildman–Crippen MR) is 100 cm³/mol. The van der Waals surface area contributed by atoms with Crippen LogP contribution < -0.4 is 0 Å². The first kappa shape index (κ1) is 18.0. The van der Waals surface area contributed by atoms with Crippen LogP contribution in [0.5, 0.6) is 0 Å². The Balaban J connectivity index is 1.45. The van der Waals surface area contributed by atoms with Crippen LogP contribution in [0.25, 0.3) is 11.5 Å². The minimum absolute atomic E-state index is 0.217. The van der Waals surface area contributed by atoms with E-state index in [1.54, 1.807) is 0 Å². The van der Waals surface area contributed by atoms with E-state index in [1.165, 1.54) is 6.42 Å². The minimum atomic E-state index is 0.217. The highest BCUT2D eigenvalue weighted by molar-refractivity contribution is 7.99. The molecule has 0 aliphatic heterocycles. The second-order valence-electron chi connectivity index (χ2n) is 6.55. The molecule has 1 aliphatic rings. The molecule has 0 N–H and O–H groups in total. The van der Waals surface area contributed by atoms with Crippen molar-refractivity contribution >= 4 is 17.7 Å². The van der Waals surface area contributed by atoms with Gasteiger partial charge >= 0.3 is 0 Å². The Kier molecular flexibility index (Phi) is 6.13. The molecule has 1 heterocycles. The van der Waals surface area contributed by atoms with Crippen LogP contribution in [-0.2, 0) is 11.2 Å². The minimum Gasteiger partial charge on any atom is -0.421 e. The van der Waals surface area contributed by atoms with Crippen molar-refractivity contribution in [3.8, 4) is 11.5 Å². The lowest BCUT2D eigenvalue weighted by Gasteiger charge is -2.24. The quantitative estimate of drug-likeness (QED) is 0.752. The lowest BCUT2D eigenvalue weighted by atomic mass is 10.1. The van der Waals surface area contributed by atoms with Gasteiger partial charge in [-0.1, -0.05) is 18.2 Å². The number of thioether (sulfide) groups is 1. The van der Waals surface area contributed by atoms with Crippen LogP contribution in [0.1, 0.15) is 38.0 Å². The average molecular weight is 359 g/mol. The van der Waals surface area contributed by atoms with E-state index in [0.29, 0.717) is 35.9 Å². The average Bonchev–Trinajstić information content (AvgIpc) is 3.31. The first-order valence-corrected chi connectivity index (χ1v) is 10.1. The van der Waals surface area contributed by atoms with Crippen molar-refractivity contribution in [3.63, 3.8) is 0 Å². The van der Waals surface area contributed by atoms with Gasteiger partial charge in [0.15, 0.2) is 0 Å². The Bertz CT molecular complexity index is 689. The van der Waals surface area contributed by atoms with Crippen molar-refractivity contribution in [2.45, 2.75) is 49.8 Å². The highest BCUT2D eigenvalue weighted by Gasteiger charge is 2.29. The van der Waals surface area contributed by atoms with E-state index in [-0.39, 0.29) is 5.91 Å². The second-order valence-corrected chi connectivity index (χ2v) is 7.69. The third-order valence-electron chi connectivity index (χ3n) is 4.90. The summed E-state index contributed by atoms with van der Waals surface area (Å²) in [4.78, 5) is 14.3. The molecule has 134 valence electrons. The molecule has 2 atom stereocenters. The van der Waals surface area contributed by atoms with Gasteiger partial charge in [0, 0.05) is 36.7 Å². The molecule has 0 bridgehead atoms. The summed E-state index contributed by atoms with van der Waals surface area (Å²) >= 11 is 1.92. The third kappa shape index (κ3) is 4.63. The molecule has 5 nitrogen and oxygen atoms in total. The molecule has 0 saturated heterocycles. The molecule has 25 heavy (non-hydrogen) atoms. The Morgan fingerprint density at radius 3 is 2.80 bits per heavy atom. The zero-order chi connectivity index (χ0) is 17.6. The molecular formula is C19H25N3O2S. The van der Waals surface area contributed by atoms with Gasteiger partial charge in [-0.05, 0) is 44.1 Å². The van der Waals surface area contributed by atoms with Crippen LogP contribution in [0.2, 0.25) is 0 Å². The number of carbonyl (C=O) groups excluding carboxylic acids is 1. The maximum absolute atomic E-state index is 12.4. The predicted octanol–water partition coefficient (Wildman–Crippen LogP) is 3.80. The normalized spacial score (nSPS) is 19.9. The molecule has 3 rings (SSSR count). The van der Waals surface area contributed by atoms with Gasteiger partial charge in [0.1, 0.15) is 0 Å². The summed E-state index contributed by atoms with van der Waals surface area (Å²) in [5, 5.41) is 8.88. The van der Waals surface area contributed by atoms with Gasteiger partial charge in [-0.25, -0.2) is 0 Å². The van der Waals surface area contributed by atoms with Crippen molar-refractivity contribution in [2.75, 3.05) is 13.3 Å². The van der Waals surface area contributed by atoms with Crippen LogP contribution in [-0.4, -0.2) is 45.6 Å². The highest BCUT2D eigenvalue weighted by Crippen LogP contribution is 2.31. The van der Waals surface area contributed by atoms with Crippen molar-refractivity contribution in [2.24, 2.45) is 0 Å². The van der Waals surface area contributed by atoms with Gasteiger partial charge in [-0.2, -0.15) is 11.8 Å². The first-order chi connectivity index (χ1) is 12.2. The molecule has 6 heteroatoms. The SMILES string of the molecule is CS[C@@H]1CC[C@H](N(C)C(=O)CCCc2nnc(-c3ccccc3)o2)C1. The number of hydrogen-bond donors (Lipinski definition) is 0. The van der Waals surface area contributed by atoms with Crippen molar-refractivity contribution in [3.05, 3.63) is 36.2 Å². The Morgan fingerprint density at radius 1 is 1.28 bits per heavy atom. The van der Waals surface area contributed by atoms with Crippen LogP contribution in [0.4, 0.5) is 0 Å². The zero-order valence-electron chi connectivity index (χ0n) is 14.9. The highest BCUT2D eigenvalue weighted by atomic mass is 32.2. The van der Waals surface area contributed by atoms with Crippen LogP contribution >= 0.6 is 11.8 Å². The molecule has 0 unspecified atom stereocenters. The summed E-state index contributed by atoms with van der Waals surface area (Å²) in [5.74, 6) is 1.35. The van der Waals surface area contributed by atoms with E-state index in [2.05, 4.69) is 16.5 Å². The van der Waals surface area contributed by atoms with Gasteiger partial charge in [-0.15, -0.1) is 10.2 Å². The van der Waals surface area contributed by atoms with E-state index < -0.39 is 0 Å². The first-order valence-electron chi connectivity index (χ1n) is 8.83. The van der Waals surface area contributed by atoms with Crippen molar-refractivity contribution < 1.29 is 9.21 Å². The van der Waals surface area contributed by atoms with Gasteiger partial charge in [0.2, 0.25) is 17.7 Å². The Hall–Kier alpha value is -1.82. The van der Waals surface area contributed by atoms with Gasteiger partial charge in [0.05, 0.1) is 0 Å². The molecule has 1 fully saturated rings. The zero-order valence-corrected chi connectivity index (χ0v) is 15.7. The smallest absolute Gasteiger partial charge is 0.247 e. The summed E-state index contributed by atoms with van der Waals surface area (Å²) < 4.78 is 5.69. The summed E-state index contributed by atoms with van der Waals surface area (Å²) in [5.41, 5.74) is 0.918. The molecule has 2 aromatic rings. The Morgan fingerprint density at radius 2 is 2.08 bits per heavy atom. The largest absolute Gasteiger partial charge is 0.421 e. The monoisotopic (exact) mass is 359 g/mol. The lowest BCUT2D eigenvalue weighted by Crippen LogP contribution is -2.35. The topological polar surface area (TPSA) is 59.2 Å². The molecular weight excluding hydrogens is 334 g/mol. The number of carbonyl (C=O) groups is 1. The molecule has 1 saturated carbocycles. The molecule has 0 spiro atoms. The van der Waals surface area contributed by atoms with Crippen molar-refractivity contribution in [1.29, 1.82) is 0 Å². The summed E-state index contributed by atoms with van der Waals surface area (Å²) in [6, 6.07) is 10.1. The van der Waals surface area contributed by atoms with Crippen LogP contribution in [0, 0.1) is 0 Å². The van der Waals surface area contributed by atoms with Crippen molar-refractivity contribution in [1.82, 2.24) is 15.1 Å². The second kappa shape index (κ2) is 8.52. The fourth-order valence-corrected chi connectivity index (χ4v) is 4.09.